The molecule has 56 valence electrons. The van der Waals surface area contributed by atoms with Crippen molar-refractivity contribution in [2.24, 2.45) is 0 Å². The molecule has 0 bridgehead atoms. The number of rotatable bonds is 1. The van der Waals surface area contributed by atoms with E-state index in [0.717, 1.165) is 18.2 Å². The van der Waals surface area contributed by atoms with Crippen molar-refractivity contribution in [1.82, 2.24) is 0 Å². The van der Waals surface area contributed by atoms with Gasteiger partial charge in [-0.2, -0.15) is 0 Å². The molecule has 0 radical (unpaired) electrons. The van der Waals surface area contributed by atoms with Gasteiger partial charge in [0.05, 0.1) is 5.57 Å². The fourth-order valence-corrected chi connectivity index (χ4v) is 0.810. The zero-order chi connectivity index (χ0) is 8.43. The highest BCUT2D eigenvalue weighted by Gasteiger charge is 2.17. The van der Waals surface area contributed by atoms with E-state index >= 15 is 0 Å². The van der Waals surface area contributed by atoms with E-state index in [1.807, 2.05) is 0 Å². The van der Waals surface area contributed by atoms with Gasteiger partial charge in [0, 0.05) is 6.08 Å². The SMILES string of the molecule is O=C1C=CC(=O)C(C(=O)Cl)=C1. The quantitative estimate of drug-likeness (QED) is 0.325. The standard InChI is InChI=1S/C7H3ClO3/c8-7(11)5-3-4(9)1-2-6(5)10/h1-3H. The Labute approximate surface area is 67.3 Å². The topological polar surface area (TPSA) is 51.2 Å². The summed E-state index contributed by atoms with van der Waals surface area (Å²) in [7, 11) is 0. The second-order valence-electron chi connectivity index (χ2n) is 1.93. The predicted molar refractivity (Wildman–Crippen MR) is 38.1 cm³/mol. The normalized spacial score (nSPS) is 16.6. The minimum Gasteiger partial charge on any atom is -0.290 e. The van der Waals surface area contributed by atoms with Gasteiger partial charge >= 0.3 is 0 Å². The van der Waals surface area contributed by atoms with E-state index < -0.39 is 16.8 Å². The number of hydrogen-bond donors (Lipinski definition) is 0. The Morgan fingerprint density at radius 3 is 2.36 bits per heavy atom. The first-order valence-electron chi connectivity index (χ1n) is 2.79. The van der Waals surface area contributed by atoms with Gasteiger partial charge in [0.2, 0.25) is 0 Å². The first-order valence-corrected chi connectivity index (χ1v) is 3.17. The molecule has 3 nitrogen and oxygen atoms in total. The molecule has 0 atom stereocenters. The van der Waals surface area contributed by atoms with Crippen molar-refractivity contribution in [1.29, 1.82) is 0 Å². The number of carbonyl (C=O) groups excluding carboxylic acids is 3. The third kappa shape index (κ3) is 1.62. The lowest BCUT2D eigenvalue weighted by atomic mass is 10.1. The van der Waals surface area contributed by atoms with Crippen molar-refractivity contribution >= 4 is 28.4 Å². The van der Waals surface area contributed by atoms with Crippen molar-refractivity contribution in [3.05, 3.63) is 23.8 Å². The Morgan fingerprint density at radius 2 is 1.91 bits per heavy atom. The number of ketones is 2. The van der Waals surface area contributed by atoms with E-state index in [9.17, 15) is 14.4 Å². The number of carbonyl (C=O) groups is 3. The molecule has 0 aromatic heterocycles. The summed E-state index contributed by atoms with van der Waals surface area (Å²) in [5.41, 5.74) is -0.265. The third-order valence-corrected chi connectivity index (χ3v) is 1.37. The van der Waals surface area contributed by atoms with Gasteiger partial charge in [0.1, 0.15) is 0 Å². The maximum atomic E-state index is 10.8. The van der Waals surface area contributed by atoms with Gasteiger partial charge < -0.3 is 0 Å². The molecule has 4 heteroatoms. The molecular formula is C7H3ClO3. The molecule has 1 aliphatic rings. The second kappa shape index (κ2) is 2.80. The summed E-state index contributed by atoms with van der Waals surface area (Å²) in [6.45, 7) is 0. The molecule has 0 aromatic rings. The van der Waals surface area contributed by atoms with Crippen LogP contribution in [0.5, 0.6) is 0 Å². The van der Waals surface area contributed by atoms with Crippen molar-refractivity contribution in [3.8, 4) is 0 Å². The average Bonchev–Trinajstić information content (AvgIpc) is 1.94. The lowest BCUT2D eigenvalue weighted by Gasteiger charge is -1.98. The van der Waals surface area contributed by atoms with E-state index in [-0.39, 0.29) is 5.57 Å². The van der Waals surface area contributed by atoms with E-state index in [1.54, 1.807) is 0 Å². The van der Waals surface area contributed by atoms with Gasteiger partial charge in [0.25, 0.3) is 5.24 Å². The van der Waals surface area contributed by atoms with Crippen LogP contribution < -0.4 is 0 Å². The zero-order valence-electron chi connectivity index (χ0n) is 5.33. The van der Waals surface area contributed by atoms with Crippen LogP contribution in [0.2, 0.25) is 0 Å². The van der Waals surface area contributed by atoms with Crippen molar-refractivity contribution in [2.75, 3.05) is 0 Å². The molecule has 0 spiro atoms. The minimum atomic E-state index is -0.896. The summed E-state index contributed by atoms with van der Waals surface area (Å²) in [6.07, 6.45) is 3.04. The van der Waals surface area contributed by atoms with Crippen LogP contribution in [0.4, 0.5) is 0 Å². The van der Waals surface area contributed by atoms with E-state index in [0.29, 0.717) is 0 Å². The van der Waals surface area contributed by atoms with E-state index in [4.69, 9.17) is 11.6 Å². The number of hydrogen-bond acceptors (Lipinski definition) is 3. The molecule has 0 fully saturated rings. The Morgan fingerprint density at radius 1 is 1.27 bits per heavy atom. The molecule has 0 saturated heterocycles. The highest BCUT2D eigenvalue weighted by molar-refractivity contribution is 6.71. The molecule has 1 aliphatic carbocycles. The van der Waals surface area contributed by atoms with Crippen LogP contribution in [0.3, 0.4) is 0 Å². The monoisotopic (exact) mass is 170 g/mol. The molecule has 0 heterocycles. The van der Waals surface area contributed by atoms with Gasteiger partial charge in [0.15, 0.2) is 11.6 Å². The maximum Gasteiger partial charge on any atom is 0.256 e. The van der Waals surface area contributed by atoms with Crippen LogP contribution >= 0.6 is 11.6 Å². The van der Waals surface area contributed by atoms with E-state index in [1.165, 1.54) is 0 Å². The van der Waals surface area contributed by atoms with Crippen molar-refractivity contribution in [3.63, 3.8) is 0 Å². The van der Waals surface area contributed by atoms with Crippen molar-refractivity contribution < 1.29 is 14.4 Å². The molecule has 0 amide bonds. The van der Waals surface area contributed by atoms with Gasteiger partial charge in [-0.3, -0.25) is 14.4 Å². The average molecular weight is 171 g/mol. The summed E-state index contributed by atoms with van der Waals surface area (Å²) in [5, 5.41) is -0.896. The fourth-order valence-electron chi connectivity index (χ4n) is 0.663. The highest BCUT2D eigenvalue weighted by Crippen LogP contribution is 2.07. The van der Waals surface area contributed by atoms with Crippen LogP contribution in [0.1, 0.15) is 0 Å². The molecule has 0 saturated carbocycles. The van der Waals surface area contributed by atoms with Crippen molar-refractivity contribution in [2.45, 2.75) is 0 Å². The van der Waals surface area contributed by atoms with Gasteiger partial charge in [-0.05, 0) is 23.8 Å². The van der Waals surface area contributed by atoms with E-state index in [2.05, 4.69) is 0 Å². The third-order valence-electron chi connectivity index (χ3n) is 1.16. The smallest absolute Gasteiger partial charge is 0.256 e. The Bertz CT molecular complexity index is 299. The molecule has 0 unspecified atom stereocenters. The fraction of sp³-hybridized carbons (Fsp3) is 0. The largest absolute Gasteiger partial charge is 0.290 e. The van der Waals surface area contributed by atoms with Gasteiger partial charge in [-0.25, -0.2) is 0 Å². The molecule has 11 heavy (non-hydrogen) atoms. The maximum absolute atomic E-state index is 10.8. The van der Waals surface area contributed by atoms with Crippen LogP contribution in [-0.4, -0.2) is 16.8 Å². The summed E-state index contributed by atoms with van der Waals surface area (Å²) >= 11 is 5.00. The van der Waals surface area contributed by atoms with Crippen LogP contribution in [0.25, 0.3) is 0 Å². The molecular weight excluding hydrogens is 168 g/mol. The first kappa shape index (κ1) is 7.88. The highest BCUT2D eigenvalue weighted by atomic mass is 35.5. The molecule has 0 aliphatic heterocycles. The Balaban J connectivity index is 3.03. The predicted octanol–water partition coefficient (Wildman–Crippen LogP) is 0.386. The summed E-state index contributed by atoms with van der Waals surface area (Å²) in [6, 6.07) is 0. The Hall–Kier alpha value is -1.22. The van der Waals surface area contributed by atoms with Gasteiger partial charge in [-0.1, -0.05) is 0 Å². The summed E-state index contributed by atoms with van der Waals surface area (Å²) in [4.78, 5) is 31.8. The van der Waals surface area contributed by atoms with Crippen LogP contribution in [0.15, 0.2) is 23.8 Å². The number of halogens is 1. The molecule has 0 N–H and O–H groups in total. The van der Waals surface area contributed by atoms with Crippen LogP contribution in [0, 0.1) is 0 Å². The van der Waals surface area contributed by atoms with Crippen LogP contribution in [-0.2, 0) is 14.4 Å². The van der Waals surface area contributed by atoms with Gasteiger partial charge in [-0.15, -0.1) is 0 Å². The lowest BCUT2D eigenvalue weighted by molar-refractivity contribution is -0.117. The summed E-state index contributed by atoms with van der Waals surface area (Å²) in [5.74, 6) is -0.918. The zero-order valence-corrected chi connectivity index (χ0v) is 6.09. The second-order valence-corrected chi connectivity index (χ2v) is 2.27. The molecule has 0 aromatic carbocycles. The summed E-state index contributed by atoms with van der Waals surface area (Å²) < 4.78 is 0. The first-order chi connectivity index (χ1) is 5.11. The molecule has 1 rings (SSSR count). The lowest BCUT2D eigenvalue weighted by Crippen LogP contribution is -2.11. The Kier molecular flexibility index (Phi) is 2.01. The number of allylic oxidation sites excluding steroid dienone is 4. The minimum absolute atomic E-state index is 0.265.